The molecule has 0 aliphatic carbocycles. The molecule has 2 aromatic rings. The van der Waals surface area contributed by atoms with Gasteiger partial charge in [0.2, 0.25) is 16.0 Å². The van der Waals surface area contributed by atoms with E-state index in [1.165, 1.54) is 0 Å². The Morgan fingerprint density at radius 2 is 1.96 bits per heavy atom. The van der Waals surface area contributed by atoms with Gasteiger partial charge in [-0.05, 0) is 6.92 Å². The zero-order valence-corrected chi connectivity index (χ0v) is 13.6. The summed E-state index contributed by atoms with van der Waals surface area (Å²) in [5.41, 5.74) is 0. The van der Waals surface area contributed by atoms with Crippen LogP contribution in [0.15, 0.2) is 12.4 Å². The second-order valence-electron chi connectivity index (χ2n) is 5.36. The van der Waals surface area contributed by atoms with E-state index in [9.17, 15) is 18.0 Å². The minimum Gasteiger partial charge on any atom is -0.343 e. The normalized spacial score (nSPS) is 15.8. The molecule has 0 N–H and O–H groups in total. The van der Waals surface area contributed by atoms with E-state index in [4.69, 9.17) is 0 Å². The number of halogens is 3. The lowest BCUT2D eigenvalue weighted by atomic mass is 10.3. The first-order valence-electron chi connectivity index (χ1n) is 7.26. The molecule has 3 heterocycles. The predicted molar refractivity (Wildman–Crippen MR) is 80.7 cm³/mol. The van der Waals surface area contributed by atoms with Gasteiger partial charge >= 0.3 is 6.18 Å². The molecule has 0 bridgehead atoms. The van der Waals surface area contributed by atoms with Gasteiger partial charge in [-0.2, -0.15) is 13.2 Å². The summed E-state index contributed by atoms with van der Waals surface area (Å²) in [7, 11) is 0. The number of imidazole rings is 1. The first kappa shape index (κ1) is 16.7. The molecule has 0 saturated carbocycles. The van der Waals surface area contributed by atoms with Crippen LogP contribution in [-0.2, 0) is 17.5 Å². The number of piperazine rings is 1. The van der Waals surface area contributed by atoms with Gasteiger partial charge in [0.15, 0.2) is 0 Å². The summed E-state index contributed by atoms with van der Waals surface area (Å²) >= 11 is 0.525. The van der Waals surface area contributed by atoms with Crippen LogP contribution in [0.5, 0.6) is 0 Å². The second kappa shape index (κ2) is 6.38. The van der Waals surface area contributed by atoms with Gasteiger partial charge in [0, 0.05) is 38.6 Å². The van der Waals surface area contributed by atoms with Crippen molar-refractivity contribution in [1.29, 1.82) is 0 Å². The highest BCUT2D eigenvalue weighted by molar-refractivity contribution is 7.15. The third-order valence-corrected chi connectivity index (χ3v) is 4.82. The molecule has 24 heavy (non-hydrogen) atoms. The van der Waals surface area contributed by atoms with Gasteiger partial charge in [-0.25, -0.2) is 4.98 Å². The lowest BCUT2D eigenvalue weighted by Gasteiger charge is -2.34. The van der Waals surface area contributed by atoms with Crippen LogP contribution in [0.3, 0.4) is 0 Å². The summed E-state index contributed by atoms with van der Waals surface area (Å²) < 4.78 is 39.5. The standard InChI is InChI=1S/C13H15F3N6OS/c1-9-17-2-3-22(9)8-10(23)20-4-6-21(7-5-20)12-19-18-11(24-12)13(14,15)16/h2-3H,4-8H2,1H3. The van der Waals surface area contributed by atoms with Crippen molar-refractivity contribution in [3.8, 4) is 0 Å². The Morgan fingerprint density at radius 1 is 1.25 bits per heavy atom. The number of hydrogen-bond donors (Lipinski definition) is 0. The molecular formula is C13H15F3N6OS. The number of hydrogen-bond acceptors (Lipinski definition) is 6. The highest BCUT2D eigenvalue weighted by Crippen LogP contribution is 2.34. The summed E-state index contributed by atoms with van der Waals surface area (Å²) in [4.78, 5) is 19.8. The number of carbonyl (C=O) groups is 1. The van der Waals surface area contributed by atoms with E-state index in [2.05, 4.69) is 15.2 Å². The van der Waals surface area contributed by atoms with E-state index < -0.39 is 11.2 Å². The lowest BCUT2D eigenvalue weighted by Crippen LogP contribution is -2.49. The van der Waals surface area contributed by atoms with Crippen LogP contribution in [-0.4, -0.2) is 56.7 Å². The van der Waals surface area contributed by atoms with Crippen molar-refractivity contribution in [3.05, 3.63) is 23.2 Å². The smallest absolute Gasteiger partial charge is 0.343 e. The molecule has 1 amide bonds. The average molecular weight is 360 g/mol. The van der Waals surface area contributed by atoms with Gasteiger partial charge in [-0.3, -0.25) is 4.79 Å². The van der Waals surface area contributed by atoms with Crippen molar-refractivity contribution in [2.45, 2.75) is 19.6 Å². The predicted octanol–water partition coefficient (Wildman–Crippen LogP) is 1.41. The molecule has 7 nitrogen and oxygen atoms in total. The maximum atomic E-state index is 12.6. The van der Waals surface area contributed by atoms with Crippen molar-refractivity contribution < 1.29 is 18.0 Å². The summed E-state index contributed by atoms with van der Waals surface area (Å²) in [5, 5.41) is 6.08. The van der Waals surface area contributed by atoms with E-state index in [0.717, 1.165) is 5.82 Å². The number of carbonyl (C=O) groups excluding carboxylic acids is 1. The largest absolute Gasteiger partial charge is 0.445 e. The summed E-state index contributed by atoms with van der Waals surface area (Å²) in [6.07, 6.45) is -1.10. The van der Waals surface area contributed by atoms with Crippen molar-refractivity contribution in [2.75, 3.05) is 31.1 Å². The molecule has 1 aliphatic heterocycles. The van der Waals surface area contributed by atoms with Crippen LogP contribution < -0.4 is 4.90 Å². The molecule has 130 valence electrons. The zero-order valence-electron chi connectivity index (χ0n) is 12.8. The van der Waals surface area contributed by atoms with E-state index in [1.807, 2.05) is 6.92 Å². The molecule has 3 rings (SSSR count). The van der Waals surface area contributed by atoms with Crippen LogP contribution in [0.2, 0.25) is 0 Å². The van der Waals surface area contributed by atoms with E-state index in [1.54, 1.807) is 26.8 Å². The minimum absolute atomic E-state index is 0.0380. The topological polar surface area (TPSA) is 67.2 Å². The molecule has 11 heteroatoms. The molecule has 0 unspecified atom stereocenters. The van der Waals surface area contributed by atoms with Gasteiger partial charge in [0.05, 0.1) is 0 Å². The van der Waals surface area contributed by atoms with Gasteiger partial charge in [0.1, 0.15) is 12.4 Å². The fourth-order valence-electron chi connectivity index (χ4n) is 2.42. The number of rotatable bonds is 3. The molecular weight excluding hydrogens is 345 g/mol. The van der Waals surface area contributed by atoms with Crippen molar-refractivity contribution in [2.24, 2.45) is 0 Å². The Bertz CT molecular complexity index is 719. The fraction of sp³-hybridized carbons (Fsp3) is 0.538. The van der Waals surface area contributed by atoms with Crippen molar-refractivity contribution >= 4 is 22.4 Å². The number of anilines is 1. The molecule has 1 aliphatic rings. The monoisotopic (exact) mass is 360 g/mol. The molecule has 1 saturated heterocycles. The Morgan fingerprint density at radius 3 is 2.50 bits per heavy atom. The van der Waals surface area contributed by atoms with Gasteiger partial charge < -0.3 is 14.4 Å². The lowest BCUT2D eigenvalue weighted by molar-refractivity contribution is -0.138. The van der Waals surface area contributed by atoms with Gasteiger partial charge in [-0.15, -0.1) is 10.2 Å². The third kappa shape index (κ3) is 3.50. The van der Waals surface area contributed by atoms with Crippen LogP contribution in [0, 0.1) is 6.92 Å². The number of alkyl halides is 3. The Labute approximate surface area is 139 Å². The van der Waals surface area contributed by atoms with Crippen LogP contribution in [0.1, 0.15) is 10.8 Å². The summed E-state index contributed by atoms with van der Waals surface area (Å²) in [6, 6.07) is 0. The molecule has 0 spiro atoms. The Hall–Kier alpha value is -2.17. The molecule has 2 aromatic heterocycles. The minimum atomic E-state index is -4.48. The van der Waals surface area contributed by atoms with Crippen LogP contribution >= 0.6 is 11.3 Å². The molecule has 0 radical (unpaired) electrons. The highest BCUT2D eigenvalue weighted by atomic mass is 32.1. The van der Waals surface area contributed by atoms with Crippen LogP contribution in [0.25, 0.3) is 0 Å². The van der Waals surface area contributed by atoms with Crippen molar-refractivity contribution in [3.63, 3.8) is 0 Å². The third-order valence-electron chi connectivity index (χ3n) is 3.79. The van der Waals surface area contributed by atoms with E-state index in [0.29, 0.717) is 37.5 Å². The second-order valence-corrected chi connectivity index (χ2v) is 6.31. The van der Waals surface area contributed by atoms with Crippen LogP contribution in [0.4, 0.5) is 18.3 Å². The first-order chi connectivity index (χ1) is 11.3. The number of nitrogens with zero attached hydrogens (tertiary/aromatic N) is 6. The Balaban J connectivity index is 1.56. The number of aromatic nitrogens is 4. The molecule has 0 atom stereocenters. The van der Waals surface area contributed by atoms with E-state index >= 15 is 0 Å². The number of amides is 1. The zero-order chi connectivity index (χ0) is 17.3. The SMILES string of the molecule is Cc1nccn1CC(=O)N1CCN(c2nnc(C(F)(F)F)s2)CC1. The Kier molecular flexibility index (Phi) is 4.43. The molecule has 1 fully saturated rings. The quantitative estimate of drug-likeness (QED) is 0.828. The highest BCUT2D eigenvalue weighted by Gasteiger charge is 2.36. The maximum absolute atomic E-state index is 12.6. The first-order valence-corrected chi connectivity index (χ1v) is 8.07. The summed E-state index contributed by atoms with van der Waals surface area (Å²) in [6.45, 7) is 3.77. The maximum Gasteiger partial charge on any atom is 0.445 e. The fourth-order valence-corrected chi connectivity index (χ4v) is 3.19. The van der Waals surface area contributed by atoms with Crippen molar-refractivity contribution in [1.82, 2.24) is 24.6 Å². The molecule has 0 aromatic carbocycles. The average Bonchev–Trinajstić information content (AvgIpc) is 3.17. The number of aryl methyl sites for hydroxylation is 1. The van der Waals surface area contributed by atoms with Gasteiger partial charge in [-0.1, -0.05) is 11.3 Å². The van der Waals surface area contributed by atoms with Gasteiger partial charge in [0.25, 0.3) is 0 Å². The van der Waals surface area contributed by atoms with E-state index in [-0.39, 0.29) is 17.6 Å². The summed E-state index contributed by atoms with van der Waals surface area (Å²) in [5.74, 6) is 0.722.